The maximum atomic E-state index is 13.0. The van der Waals surface area contributed by atoms with Crippen molar-refractivity contribution in [1.82, 2.24) is 20.1 Å². The highest BCUT2D eigenvalue weighted by atomic mass is 32.2. The average molecular weight is 414 g/mol. The summed E-state index contributed by atoms with van der Waals surface area (Å²) in [7, 11) is 1.74. The summed E-state index contributed by atoms with van der Waals surface area (Å²) in [6, 6.07) is 13.7. The van der Waals surface area contributed by atoms with Gasteiger partial charge in [-0.25, -0.2) is 9.37 Å². The van der Waals surface area contributed by atoms with Gasteiger partial charge in [0.2, 0.25) is 11.8 Å². The smallest absolute Gasteiger partial charge is 0.277 e. The second-order valence-electron chi connectivity index (χ2n) is 5.99. The molecule has 6 nitrogen and oxygen atoms in total. The molecule has 0 fully saturated rings. The Morgan fingerprint density at radius 1 is 1.18 bits per heavy atom. The lowest BCUT2D eigenvalue weighted by Crippen LogP contribution is -2.27. The Morgan fingerprint density at radius 2 is 1.96 bits per heavy atom. The molecule has 9 heteroatoms. The van der Waals surface area contributed by atoms with E-state index in [9.17, 15) is 9.18 Å². The van der Waals surface area contributed by atoms with Crippen LogP contribution in [0.1, 0.15) is 5.01 Å². The van der Waals surface area contributed by atoms with Gasteiger partial charge in [0, 0.05) is 12.6 Å². The Morgan fingerprint density at radius 3 is 2.75 bits per heavy atom. The van der Waals surface area contributed by atoms with Gasteiger partial charge >= 0.3 is 0 Å². The van der Waals surface area contributed by atoms with Gasteiger partial charge in [-0.15, -0.1) is 21.5 Å². The summed E-state index contributed by atoms with van der Waals surface area (Å²) in [6.45, 7) is 0.448. The van der Waals surface area contributed by atoms with Crippen molar-refractivity contribution in [2.24, 2.45) is 0 Å². The Balaban J connectivity index is 1.34. The van der Waals surface area contributed by atoms with Crippen LogP contribution in [0, 0.1) is 5.82 Å². The number of para-hydroxylation sites is 1. The molecular weight excluding hydrogens is 399 g/mol. The molecule has 0 saturated heterocycles. The van der Waals surface area contributed by atoms with Crippen molar-refractivity contribution >= 4 is 39.2 Å². The molecule has 1 amide bonds. The molecule has 0 N–H and O–H groups in total. The molecule has 2 aromatic heterocycles. The molecule has 2 heterocycles. The molecule has 142 valence electrons. The average Bonchev–Trinajstić information content (AvgIpc) is 3.33. The first-order valence-electron chi connectivity index (χ1n) is 8.39. The van der Waals surface area contributed by atoms with Crippen LogP contribution in [0.5, 0.6) is 0 Å². The van der Waals surface area contributed by atoms with Crippen LogP contribution in [0.3, 0.4) is 0 Å². The number of hydrogen-bond acceptors (Lipinski definition) is 7. The molecule has 0 unspecified atom stereocenters. The Bertz CT molecular complexity index is 1080. The van der Waals surface area contributed by atoms with Crippen molar-refractivity contribution in [2.45, 2.75) is 11.8 Å². The van der Waals surface area contributed by atoms with Gasteiger partial charge in [0.05, 0.1) is 22.5 Å². The van der Waals surface area contributed by atoms with Gasteiger partial charge < -0.3 is 9.32 Å². The molecule has 0 spiro atoms. The van der Waals surface area contributed by atoms with E-state index in [0.29, 0.717) is 17.3 Å². The van der Waals surface area contributed by atoms with E-state index in [4.69, 9.17) is 4.42 Å². The molecule has 4 aromatic rings. The van der Waals surface area contributed by atoms with E-state index in [1.54, 1.807) is 35.4 Å². The number of fused-ring (bicyclic) bond motifs is 1. The number of thioether (sulfide) groups is 1. The van der Waals surface area contributed by atoms with E-state index >= 15 is 0 Å². The SMILES string of the molecule is CN(Cc1nc2ccccc2s1)C(=O)CSc1nnc(-c2ccc(F)cc2)o1. The summed E-state index contributed by atoms with van der Waals surface area (Å²) in [5.41, 5.74) is 1.57. The zero-order chi connectivity index (χ0) is 19.5. The summed E-state index contributed by atoms with van der Waals surface area (Å²) in [5, 5.41) is 9.05. The lowest BCUT2D eigenvalue weighted by atomic mass is 10.2. The molecule has 0 bridgehead atoms. The van der Waals surface area contributed by atoms with E-state index in [-0.39, 0.29) is 23.4 Å². The largest absolute Gasteiger partial charge is 0.411 e. The lowest BCUT2D eigenvalue weighted by Gasteiger charge is -2.14. The number of aromatic nitrogens is 3. The van der Waals surface area contributed by atoms with Crippen LogP contribution in [0.2, 0.25) is 0 Å². The monoisotopic (exact) mass is 414 g/mol. The molecule has 0 saturated carbocycles. The van der Waals surface area contributed by atoms with Crippen LogP contribution < -0.4 is 0 Å². The molecule has 28 heavy (non-hydrogen) atoms. The third-order valence-electron chi connectivity index (χ3n) is 3.95. The Kier molecular flexibility index (Phi) is 5.36. The summed E-state index contributed by atoms with van der Waals surface area (Å²) in [4.78, 5) is 18.6. The second kappa shape index (κ2) is 8.07. The number of rotatable bonds is 6. The quantitative estimate of drug-likeness (QED) is 0.440. The van der Waals surface area contributed by atoms with E-state index in [0.717, 1.165) is 15.2 Å². The van der Waals surface area contributed by atoms with Gasteiger partial charge in [0.25, 0.3) is 5.22 Å². The number of nitrogens with zero attached hydrogens (tertiary/aromatic N) is 4. The van der Waals surface area contributed by atoms with Crippen LogP contribution in [0.15, 0.2) is 58.2 Å². The van der Waals surface area contributed by atoms with E-state index in [2.05, 4.69) is 15.2 Å². The van der Waals surface area contributed by atoms with E-state index in [1.165, 1.54) is 23.9 Å². The number of thiazole rings is 1. The number of carbonyl (C=O) groups is 1. The molecule has 0 aliphatic carbocycles. The van der Waals surface area contributed by atoms with Crippen molar-refractivity contribution in [3.63, 3.8) is 0 Å². The van der Waals surface area contributed by atoms with Gasteiger partial charge in [-0.05, 0) is 36.4 Å². The first kappa shape index (κ1) is 18.6. The Hall–Kier alpha value is -2.78. The highest BCUT2D eigenvalue weighted by molar-refractivity contribution is 7.99. The normalized spacial score (nSPS) is 11.1. The standard InChI is InChI=1S/C19H15FN4O2S2/c1-24(10-16-21-14-4-2-3-5-15(14)28-16)17(25)11-27-19-23-22-18(26-19)12-6-8-13(20)9-7-12/h2-9H,10-11H2,1H3. The molecule has 0 aliphatic rings. The third-order valence-corrected chi connectivity index (χ3v) is 5.78. The van der Waals surface area contributed by atoms with Gasteiger partial charge in [-0.3, -0.25) is 4.79 Å². The number of amides is 1. The third kappa shape index (κ3) is 4.20. The highest BCUT2D eigenvalue weighted by Crippen LogP contribution is 2.25. The number of benzene rings is 2. The molecule has 4 rings (SSSR count). The molecular formula is C19H15FN4O2S2. The molecule has 0 radical (unpaired) electrons. The van der Waals surface area contributed by atoms with Crippen molar-refractivity contribution < 1.29 is 13.6 Å². The highest BCUT2D eigenvalue weighted by Gasteiger charge is 2.15. The van der Waals surface area contributed by atoms with Gasteiger partial charge in [-0.1, -0.05) is 23.9 Å². The maximum Gasteiger partial charge on any atom is 0.277 e. The van der Waals surface area contributed by atoms with Gasteiger partial charge in [-0.2, -0.15) is 0 Å². The molecule has 0 atom stereocenters. The van der Waals surface area contributed by atoms with Gasteiger partial charge in [0.15, 0.2) is 0 Å². The van der Waals surface area contributed by atoms with Crippen molar-refractivity contribution in [1.29, 1.82) is 0 Å². The molecule has 2 aromatic carbocycles. The van der Waals surface area contributed by atoms with Crippen LogP contribution >= 0.6 is 23.1 Å². The fourth-order valence-electron chi connectivity index (χ4n) is 2.49. The van der Waals surface area contributed by atoms with Crippen molar-refractivity contribution in [3.8, 4) is 11.5 Å². The topological polar surface area (TPSA) is 72.1 Å². The number of halogens is 1. The van der Waals surface area contributed by atoms with Crippen LogP contribution in [-0.4, -0.2) is 38.8 Å². The van der Waals surface area contributed by atoms with Crippen LogP contribution in [0.25, 0.3) is 21.7 Å². The fourth-order valence-corrected chi connectivity index (χ4v) is 4.21. The summed E-state index contributed by atoms with van der Waals surface area (Å²) in [6.07, 6.45) is 0. The first-order chi connectivity index (χ1) is 13.6. The zero-order valence-electron chi connectivity index (χ0n) is 14.8. The van der Waals surface area contributed by atoms with Crippen molar-refractivity contribution in [2.75, 3.05) is 12.8 Å². The number of hydrogen-bond donors (Lipinski definition) is 0. The van der Waals surface area contributed by atoms with Crippen LogP contribution in [0.4, 0.5) is 4.39 Å². The zero-order valence-corrected chi connectivity index (χ0v) is 16.5. The van der Waals surface area contributed by atoms with E-state index in [1.807, 2.05) is 24.3 Å². The number of carbonyl (C=O) groups excluding carboxylic acids is 1. The molecule has 0 aliphatic heterocycles. The maximum absolute atomic E-state index is 13.0. The minimum atomic E-state index is -0.334. The summed E-state index contributed by atoms with van der Waals surface area (Å²) in [5.74, 6) is 0.0649. The first-order valence-corrected chi connectivity index (χ1v) is 10.2. The van der Waals surface area contributed by atoms with Crippen molar-refractivity contribution in [3.05, 3.63) is 59.4 Å². The lowest BCUT2D eigenvalue weighted by molar-refractivity contribution is -0.127. The minimum Gasteiger partial charge on any atom is -0.411 e. The predicted octanol–water partition coefficient (Wildman–Crippen LogP) is 4.24. The predicted molar refractivity (Wildman–Crippen MR) is 107 cm³/mol. The van der Waals surface area contributed by atoms with Crippen LogP contribution in [-0.2, 0) is 11.3 Å². The Labute approximate surface area is 168 Å². The van der Waals surface area contributed by atoms with E-state index < -0.39 is 0 Å². The minimum absolute atomic E-state index is 0.0641. The summed E-state index contributed by atoms with van der Waals surface area (Å²) >= 11 is 2.75. The fraction of sp³-hybridized carbons (Fsp3) is 0.158. The van der Waals surface area contributed by atoms with Gasteiger partial charge in [0.1, 0.15) is 10.8 Å². The second-order valence-corrected chi connectivity index (χ2v) is 8.04. The summed E-state index contributed by atoms with van der Waals surface area (Å²) < 4.78 is 19.6.